The molecule has 0 atom stereocenters. The largest absolute Gasteiger partial charge is 0.461 e. The molecule has 112 valence electrons. The molecule has 0 radical (unpaired) electrons. The monoisotopic (exact) mass is 313 g/mol. The van der Waals surface area contributed by atoms with Crippen LogP contribution in [0, 0.1) is 5.92 Å². The van der Waals surface area contributed by atoms with Gasteiger partial charge in [0.25, 0.3) is 0 Å². The summed E-state index contributed by atoms with van der Waals surface area (Å²) in [6.45, 7) is 4.32. The minimum absolute atomic E-state index is 0.210. The molecule has 0 aliphatic carbocycles. The van der Waals surface area contributed by atoms with Crippen LogP contribution in [0.5, 0.6) is 0 Å². The zero-order valence-corrected chi connectivity index (χ0v) is 13.1. The van der Waals surface area contributed by atoms with Gasteiger partial charge in [-0.05, 0) is 18.1 Å². The first-order valence-corrected chi connectivity index (χ1v) is 7.81. The standard InChI is InChI=1S/C16H15N3O2S/c1-10(2)9-21-16(20)14-13(17-7-8-18-14)15-19-11-5-3-4-6-12(11)22-15/h3-8,10H,9H2,1-2H3. The number of hydrogen-bond acceptors (Lipinski definition) is 6. The van der Waals surface area contributed by atoms with Gasteiger partial charge in [-0.3, -0.25) is 0 Å². The first-order chi connectivity index (χ1) is 10.6. The fourth-order valence-electron chi connectivity index (χ4n) is 1.93. The molecule has 22 heavy (non-hydrogen) atoms. The van der Waals surface area contributed by atoms with Crippen molar-refractivity contribution in [3.05, 3.63) is 42.4 Å². The summed E-state index contributed by atoms with van der Waals surface area (Å²) in [5.41, 5.74) is 1.56. The minimum atomic E-state index is -0.462. The quantitative estimate of drug-likeness (QED) is 0.689. The number of fused-ring (bicyclic) bond motifs is 1. The predicted molar refractivity (Wildman–Crippen MR) is 85.8 cm³/mol. The fraction of sp³-hybridized carbons (Fsp3) is 0.250. The number of hydrogen-bond donors (Lipinski definition) is 0. The maximum absolute atomic E-state index is 12.2. The lowest BCUT2D eigenvalue weighted by Gasteiger charge is -2.08. The van der Waals surface area contributed by atoms with E-state index >= 15 is 0 Å². The fourth-order valence-corrected chi connectivity index (χ4v) is 2.89. The van der Waals surface area contributed by atoms with Crippen LogP contribution in [0.2, 0.25) is 0 Å². The molecule has 0 aliphatic rings. The lowest BCUT2D eigenvalue weighted by molar-refractivity contribution is 0.0452. The van der Waals surface area contributed by atoms with Crippen molar-refractivity contribution in [2.45, 2.75) is 13.8 Å². The Morgan fingerprint density at radius 2 is 2.00 bits per heavy atom. The molecule has 2 aromatic heterocycles. The van der Waals surface area contributed by atoms with E-state index in [0.717, 1.165) is 10.2 Å². The zero-order valence-electron chi connectivity index (χ0n) is 12.3. The molecule has 0 fully saturated rings. The van der Waals surface area contributed by atoms with Crippen LogP contribution in [0.1, 0.15) is 24.3 Å². The molecule has 0 N–H and O–H groups in total. The zero-order chi connectivity index (χ0) is 15.5. The Labute approximate surface area is 132 Å². The van der Waals surface area contributed by atoms with Gasteiger partial charge in [0.15, 0.2) is 5.69 Å². The van der Waals surface area contributed by atoms with E-state index in [2.05, 4.69) is 15.0 Å². The molecule has 3 aromatic rings. The van der Waals surface area contributed by atoms with Gasteiger partial charge in [0.2, 0.25) is 0 Å². The van der Waals surface area contributed by atoms with Crippen molar-refractivity contribution in [1.82, 2.24) is 15.0 Å². The highest BCUT2D eigenvalue weighted by Gasteiger charge is 2.20. The number of esters is 1. The van der Waals surface area contributed by atoms with Crippen molar-refractivity contribution in [2.75, 3.05) is 6.61 Å². The van der Waals surface area contributed by atoms with Gasteiger partial charge in [0.05, 0.1) is 16.8 Å². The maximum atomic E-state index is 12.2. The first-order valence-electron chi connectivity index (χ1n) is 6.99. The molecule has 6 heteroatoms. The second-order valence-electron chi connectivity index (χ2n) is 5.23. The van der Waals surface area contributed by atoms with Gasteiger partial charge in [-0.15, -0.1) is 11.3 Å². The summed E-state index contributed by atoms with van der Waals surface area (Å²) >= 11 is 1.48. The third kappa shape index (κ3) is 2.96. The van der Waals surface area contributed by atoms with Crippen LogP contribution in [0.4, 0.5) is 0 Å². The molecule has 0 saturated carbocycles. The highest BCUT2D eigenvalue weighted by atomic mass is 32.1. The van der Waals surface area contributed by atoms with Crippen LogP contribution < -0.4 is 0 Å². The number of carbonyl (C=O) groups excluding carboxylic acids is 1. The van der Waals surface area contributed by atoms with Gasteiger partial charge >= 0.3 is 5.97 Å². The van der Waals surface area contributed by atoms with Crippen LogP contribution in [-0.2, 0) is 4.74 Å². The molecule has 3 rings (SSSR count). The Hall–Kier alpha value is -2.34. The molecule has 0 saturated heterocycles. The average molecular weight is 313 g/mol. The van der Waals surface area contributed by atoms with E-state index in [1.807, 2.05) is 38.1 Å². The van der Waals surface area contributed by atoms with E-state index in [4.69, 9.17) is 4.74 Å². The maximum Gasteiger partial charge on any atom is 0.359 e. The second kappa shape index (κ2) is 6.19. The van der Waals surface area contributed by atoms with Crippen molar-refractivity contribution >= 4 is 27.5 Å². The molecule has 0 amide bonds. The minimum Gasteiger partial charge on any atom is -0.461 e. The Kier molecular flexibility index (Phi) is 4.11. The summed E-state index contributed by atoms with van der Waals surface area (Å²) in [7, 11) is 0. The van der Waals surface area contributed by atoms with Crippen molar-refractivity contribution in [1.29, 1.82) is 0 Å². The van der Waals surface area contributed by atoms with Gasteiger partial charge < -0.3 is 4.74 Å². The molecular formula is C16H15N3O2S. The molecule has 0 unspecified atom stereocenters. The number of carbonyl (C=O) groups is 1. The van der Waals surface area contributed by atoms with E-state index in [1.165, 1.54) is 17.5 Å². The lowest BCUT2D eigenvalue weighted by Crippen LogP contribution is -2.13. The Morgan fingerprint density at radius 1 is 1.23 bits per heavy atom. The predicted octanol–water partition coefficient (Wildman–Crippen LogP) is 3.57. The van der Waals surface area contributed by atoms with Crippen LogP contribution >= 0.6 is 11.3 Å². The number of aromatic nitrogens is 3. The number of para-hydroxylation sites is 1. The van der Waals surface area contributed by atoms with E-state index in [1.54, 1.807) is 6.20 Å². The number of thiazole rings is 1. The molecule has 0 spiro atoms. The highest BCUT2D eigenvalue weighted by Crippen LogP contribution is 2.30. The third-order valence-corrected chi connectivity index (χ3v) is 3.98. The lowest BCUT2D eigenvalue weighted by atomic mass is 10.2. The summed E-state index contributed by atoms with van der Waals surface area (Å²) in [6.07, 6.45) is 3.05. The summed E-state index contributed by atoms with van der Waals surface area (Å²) in [6, 6.07) is 7.81. The molecule has 0 bridgehead atoms. The van der Waals surface area contributed by atoms with Crippen molar-refractivity contribution in [2.24, 2.45) is 5.92 Å². The normalized spacial score (nSPS) is 11.0. The smallest absolute Gasteiger partial charge is 0.359 e. The summed E-state index contributed by atoms with van der Waals surface area (Å²) in [4.78, 5) is 25.1. The van der Waals surface area contributed by atoms with E-state index in [-0.39, 0.29) is 11.6 Å². The number of rotatable bonds is 4. The van der Waals surface area contributed by atoms with Crippen LogP contribution in [0.15, 0.2) is 36.7 Å². The van der Waals surface area contributed by atoms with Crippen LogP contribution in [0.3, 0.4) is 0 Å². The Balaban J connectivity index is 1.98. The summed E-state index contributed by atoms with van der Waals surface area (Å²) in [5.74, 6) is -0.192. The van der Waals surface area contributed by atoms with Crippen molar-refractivity contribution in [3.8, 4) is 10.7 Å². The SMILES string of the molecule is CC(C)COC(=O)c1nccnc1-c1nc2ccccc2s1. The van der Waals surface area contributed by atoms with Gasteiger partial charge in [-0.2, -0.15) is 0 Å². The average Bonchev–Trinajstić information content (AvgIpc) is 2.96. The third-order valence-electron chi connectivity index (χ3n) is 2.94. The topological polar surface area (TPSA) is 65.0 Å². The van der Waals surface area contributed by atoms with Gasteiger partial charge in [-0.25, -0.2) is 19.7 Å². The molecule has 0 aliphatic heterocycles. The molecular weight excluding hydrogens is 298 g/mol. The summed E-state index contributed by atoms with van der Waals surface area (Å²) in [5, 5.41) is 0.672. The summed E-state index contributed by atoms with van der Waals surface area (Å²) < 4.78 is 6.31. The van der Waals surface area contributed by atoms with E-state index in [0.29, 0.717) is 17.3 Å². The Morgan fingerprint density at radius 3 is 2.77 bits per heavy atom. The van der Waals surface area contributed by atoms with E-state index < -0.39 is 5.97 Å². The van der Waals surface area contributed by atoms with Crippen molar-refractivity contribution in [3.63, 3.8) is 0 Å². The Bertz CT molecular complexity index is 781. The molecule has 5 nitrogen and oxygen atoms in total. The highest BCUT2D eigenvalue weighted by molar-refractivity contribution is 7.21. The second-order valence-corrected chi connectivity index (χ2v) is 6.26. The van der Waals surface area contributed by atoms with Gasteiger partial charge in [-0.1, -0.05) is 26.0 Å². The van der Waals surface area contributed by atoms with Crippen LogP contribution in [-0.4, -0.2) is 27.5 Å². The van der Waals surface area contributed by atoms with Crippen molar-refractivity contribution < 1.29 is 9.53 Å². The van der Waals surface area contributed by atoms with Gasteiger partial charge in [0, 0.05) is 12.4 Å². The number of ether oxygens (including phenoxy) is 1. The first kappa shape index (κ1) is 14.6. The molecule has 1 aromatic carbocycles. The van der Waals surface area contributed by atoms with E-state index in [9.17, 15) is 4.79 Å². The van der Waals surface area contributed by atoms with Crippen LogP contribution in [0.25, 0.3) is 20.9 Å². The number of nitrogens with zero attached hydrogens (tertiary/aromatic N) is 3. The number of benzene rings is 1. The molecule has 2 heterocycles. The van der Waals surface area contributed by atoms with Gasteiger partial charge in [0.1, 0.15) is 10.7 Å².